The summed E-state index contributed by atoms with van der Waals surface area (Å²) in [5, 5.41) is 0. The molecule has 0 aliphatic heterocycles. The first-order valence-electron chi connectivity index (χ1n) is 7.79. The molecule has 1 aromatic rings. The van der Waals surface area contributed by atoms with Crippen molar-refractivity contribution in [2.45, 2.75) is 52.0 Å². The van der Waals surface area contributed by atoms with Gasteiger partial charge in [-0.2, -0.15) is 0 Å². The number of amides is 1. The third-order valence-electron chi connectivity index (χ3n) is 3.46. The molecule has 1 amide bonds. The fourth-order valence-electron chi connectivity index (χ4n) is 2.29. The summed E-state index contributed by atoms with van der Waals surface area (Å²) in [5.41, 5.74) is 6.79. The van der Waals surface area contributed by atoms with Crippen molar-refractivity contribution >= 4 is 5.91 Å². The van der Waals surface area contributed by atoms with E-state index < -0.39 is 0 Å². The van der Waals surface area contributed by atoms with Gasteiger partial charge in [-0.1, -0.05) is 62.9 Å². The molecule has 0 unspecified atom stereocenters. The highest BCUT2D eigenvalue weighted by Crippen LogP contribution is 2.10. The van der Waals surface area contributed by atoms with Crippen LogP contribution in [0.25, 0.3) is 0 Å². The molecule has 0 atom stereocenters. The molecular weight excluding hydrogens is 248 g/mol. The molecule has 0 fully saturated rings. The Bertz CT molecular complexity index is 365. The van der Waals surface area contributed by atoms with Crippen LogP contribution in [0, 0.1) is 0 Å². The highest BCUT2D eigenvalue weighted by Gasteiger charge is 2.12. The van der Waals surface area contributed by atoms with Crippen LogP contribution < -0.4 is 5.73 Å². The Morgan fingerprint density at radius 3 is 2.45 bits per heavy atom. The normalized spacial score (nSPS) is 10.5. The van der Waals surface area contributed by atoms with Crippen molar-refractivity contribution in [3.8, 4) is 0 Å². The summed E-state index contributed by atoms with van der Waals surface area (Å²) in [5.74, 6) is 0.232. The smallest absolute Gasteiger partial charge is 0.222 e. The zero-order chi connectivity index (χ0) is 14.6. The fourth-order valence-corrected chi connectivity index (χ4v) is 2.29. The average Bonchev–Trinajstić information content (AvgIpc) is 2.47. The number of carbonyl (C=O) groups is 1. The van der Waals surface area contributed by atoms with E-state index in [1.54, 1.807) is 0 Å². The summed E-state index contributed by atoms with van der Waals surface area (Å²) >= 11 is 0. The van der Waals surface area contributed by atoms with Gasteiger partial charge in [-0.3, -0.25) is 4.79 Å². The van der Waals surface area contributed by atoms with Crippen LogP contribution in [0.5, 0.6) is 0 Å². The molecule has 3 nitrogen and oxygen atoms in total. The first-order chi connectivity index (χ1) is 9.77. The van der Waals surface area contributed by atoms with E-state index in [0.29, 0.717) is 26.1 Å². The molecule has 112 valence electrons. The number of carbonyl (C=O) groups excluding carboxylic acids is 1. The van der Waals surface area contributed by atoms with Gasteiger partial charge in [0.05, 0.1) is 0 Å². The molecular formula is C17H28N2O. The highest BCUT2D eigenvalue weighted by atomic mass is 16.2. The second kappa shape index (κ2) is 10.4. The largest absolute Gasteiger partial charge is 0.337 e. The van der Waals surface area contributed by atoms with Gasteiger partial charge in [-0.25, -0.2) is 0 Å². The predicted octanol–water partition coefficient (Wildman–Crippen LogP) is 3.33. The summed E-state index contributed by atoms with van der Waals surface area (Å²) in [4.78, 5) is 14.1. The number of nitrogens with two attached hydrogens (primary N) is 1. The molecule has 1 rings (SSSR count). The number of nitrogens with zero attached hydrogens (tertiary/aromatic N) is 1. The Balaban J connectivity index is 2.38. The fraction of sp³-hybridized carbons (Fsp3) is 0.588. The number of benzene rings is 1. The van der Waals surface area contributed by atoms with Crippen LogP contribution in [0.2, 0.25) is 0 Å². The zero-order valence-corrected chi connectivity index (χ0v) is 12.7. The Hall–Kier alpha value is -1.35. The summed E-state index contributed by atoms with van der Waals surface area (Å²) in [6.45, 7) is 4.04. The van der Waals surface area contributed by atoms with Gasteiger partial charge in [-0.15, -0.1) is 0 Å². The first kappa shape index (κ1) is 16.7. The Morgan fingerprint density at radius 1 is 1.10 bits per heavy atom. The zero-order valence-electron chi connectivity index (χ0n) is 12.7. The van der Waals surface area contributed by atoms with Crippen LogP contribution in [0.15, 0.2) is 30.3 Å². The van der Waals surface area contributed by atoms with Crippen molar-refractivity contribution in [2.24, 2.45) is 5.73 Å². The molecule has 20 heavy (non-hydrogen) atoms. The first-order valence-corrected chi connectivity index (χ1v) is 7.79. The minimum Gasteiger partial charge on any atom is -0.337 e. The van der Waals surface area contributed by atoms with E-state index in [1.807, 2.05) is 23.1 Å². The van der Waals surface area contributed by atoms with E-state index in [-0.39, 0.29) is 5.91 Å². The van der Waals surface area contributed by atoms with E-state index in [1.165, 1.54) is 24.8 Å². The van der Waals surface area contributed by atoms with Gasteiger partial charge in [0.25, 0.3) is 0 Å². The second-order valence-electron chi connectivity index (χ2n) is 5.25. The van der Waals surface area contributed by atoms with Gasteiger partial charge < -0.3 is 10.6 Å². The van der Waals surface area contributed by atoms with Crippen LogP contribution in [0.4, 0.5) is 0 Å². The molecule has 0 aliphatic carbocycles. The van der Waals surface area contributed by atoms with Crippen LogP contribution in [-0.2, 0) is 11.3 Å². The number of unbranched alkanes of at least 4 members (excludes halogenated alkanes) is 4. The molecule has 0 saturated carbocycles. The van der Waals surface area contributed by atoms with Gasteiger partial charge in [0, 0.05) is 26.1 Å². The van der Waals surface area contributed by atoms with Gasteiger partial charge in [0.2, 0.25) is 5.91 Å². The predicted molar refractivity (Wildman–Crippen MR) is 84.3 cm³/mol. The van der Waals surface area contributed by atoms with E-state index in [9.17, 15) is 4.79 Å². The van der Waals surface area contributed by atoms with Crippen molar-refractivity contribution in [3.63, 3.8) is 0 Å². The number of rotatable bonds is 10. The van der Waals surface area contributed by atoms with E-state index in [0.717, 1.165) is 12.8 Å². The lowest BCUT2D eigenvalue weighted by Crippen LogP contribution is -2.34. The molecule has 0 bridgehead atoms. The molecule has 3 heteroatoms. The Labute approximate surface area is 123 Å². The van der Waals surface area contributed by atoms with Crippen molar-refractivity contribution in [1.82, 2.24) is 4.90 Å². The summed E-state index contributed by atoms with van der Waals surface area (Å²) in [6.07, 6.45) is 6.54. The number of hydrogen-bond donors (Lipinski definition) is 1. The lowest BCUT2D eigenvalue weighted by Gasteiger charge is -2.22. The molecule has 0 heterocycles. The summed E-state index contributed by atoms with van der Waals surface area (Å²) in [6, 6.07) is 10.1. The molecule has 2 N–H and O–H groups in total. The summed E-state index contributed by atoms with van der Waals surface area (Å²) in [7, 11) is 0. The standard InChI is InChI=1S/C17H28N2O/c1-2-3-4-5-9-12-17(20)19(14-13-18)15-16-10-7-6-8-11-16/h6-8,10-11H,2-5,9,12-15,18H2,1H3. The van der Waals surface area contributed by atoms with Gasteiger partial charge in [0.1, 0.15) is 0 Å². The molecule has 0 aromatic heterocycles. The lowest BCUT2D eigenvalue weighted by atomic mass is 10.1. The molecule has 0 saturated heterocycles. The lowest BCUT2D eigenvalue weighted by molar-refractivity contribution is -0.131. The number of hydrogen-bond acceptors (Lipinski definition) is 2. The minimum absolute atomic E-state index is 0.232. The minimum atomic E-state index is 0.232. The van der Waals surface area contributed by atoms with Crippen molar-refractivity contribution < 1.29 is 4.79 Å². The van der Waals surface area contributed by atoms with Crippen molar-refractivity contribution in [2.75, 3.05) is 13.1 Å². The van der Waals surface area contributed by atoms with Gasteiger partial charge in [-0.05, 0) is 12.0 Å². The Morgan fingerprint density at radius 2 is 1.80 bits per heavy atom. The third-order valence-corrected chi connectivity index (χ3v) is 3.46. The van der Waals surface area contributed by atoms with E-state index in [2.05, 4.69) is 19.1 Å². The molecule has 0 spiro atoms. The summed E-state index contributed by atoms with van der Waals surface area (Å²) < 4.78 is 0. The van der Waals surface area contributed by atoms with Crippen molar-refractivity contribution in [3.05, 3.63) is 35.9 Å². The van der Waals surface area contributed by atoms with Crippen LogP contribution in [0.1, 0.15) is 51.0 Å². The molecule has 0 aliphatic rings. The maximum atomic E-state index is 12.2. The molecule has 0 radical (unpaired) electrons. The van der Waals surface area contributed by atoms with E-state index in [4.69, 9.17) is 5.73 Å². The maximum Gasteiger partial charge on any atom is 0.222 e. The van der Waals surface area contributed by atoms with Gasteiger partial charge >= 0.3 is 0 Å². The highest BCUT2D eigenvalue weighted by molar-refractivity contribution is 5.76. The Kier molecular flexibility index (Phi) is 8.72. The topological polar surface area (TPSA) is 46.3 Å². The SMILES string of the molecule is CCCCCCCC(=O)N(CCN)Cc1ccccc1. The maximum absolute atomic E-state index is 12.2. The monoisotopic (exact) mass is 276 g/mol. The van der Waals surface area contributed by atoms with Crippen LogP contribution in [-0.4, -0.2) is 23.9 Å². The third kappa shape index (κ3) is 6.71. The quantitative estimate of drug-likeness (QED) is 0.666. The van der Waals surface area contributed by atoms with Crippen molar-refractivity contribution in [1.29, 1.82) is 0 Å². The van der Waals surface area contributed by atoms with Crippen LogP contribution in [0.3, 0.4) is 0 Å². The molecule has 1 aromatic carbocycles. The van der Waals surface area contributed by atoms with Crippen LogP contribution >= 0.6 is 0 Å². The second-order valence-corrected chi connectivity index (χ2v) is 5.25. The van der Waals surface area contributed by atoms with Gasteiger partial charge in [0.15, 0.2) is 0 Å². The average molecular weight is 276 g/mol. The van der Waals surface area contributed by atoms with E-state index >= 15 is 0 Å².